The molecule has 1 aliphatic rings. The monoisotopic (exact) mass is 563 g/mol. The molecule has 0 saturated carbocycles. The van der Waals surface area contributed by atoms with E-state index in [1.807, 2.05) is 48.5 Å². The molecule has 5 rings (SSSR count). The molecule has 0 aliphatic carbocycles. The van der Waals surface area contributed by atoms with E-state index in [9.17, 15) is 19.2 Å². The van der Waals surface area contributed by atoms with Crippen molar-refractivity contribution < 1.29 is 19.2 Å². The smallest absolute Gasteiger partial charge is 0.247 e. The lowest BCUT2D eigenvalue weighted by molar-refractivity contribution is -0.142. The molecule has 1 aromatic heterocycles. The number of nitrogens with one attached hydrogen (secondary N) is 2. The number of nitrogens with two attached hydrogens (primary N) is 1. The molecule has 0 fully saturated rings. The van der Waals surface area contributed by atoms with Gasteiger partial charge in [0.15, 0.2) is 5.78 Å². The molecule has 4 aromatic rings. The van der Waals surface area contributed by atoms with Gasteiger partial charge in [-0.25, -0.2) is 0 Å². The normalized spacial score (nSPS) is 15.0. The Morgan fingerprint density at radius 1 is 0.905 bits per heavy atom. The van der Waals surface area contributed by atoms with E-state index in [4.69, 9.17) is 5.73 Å². The van der Waals surface area contributed by atoms with E-state index >= 15 is 0 Å². The Morgan fingerprint density at radius 3 is 2.45 bits per heavy atom. The maximum atomic E-state index is 13.7. The quantitative estimate of drug-likeness (QED) is 0.252. The Hall–Kier alpha value is -4.89. The van der Waals surface area contributed by atoms with Gasteiger partial charge >= 0.3 is 0 Å². The van der Waals surface area contributed by atoms with E-state index in [0.717, 1.165) is 22.0 Å². The zero-order valence-electron chi connectivity index (χ0n) is 23.2. The van der Waals surface area contributed by atoms with Gasteiger partial charge in [-0.15, -0.1) is 0 Å². The number of rotatable bonds is 10. The molecule has 0 saturated heterocycles. The fourth-order valence-corrected chi connectivity index (χ4v) is 5.23. The lowest BCUT2D eigenvalue weighted by atomic mass is 9.92. The van der Waals surface area contributed by atoms with E-state index in [-0.39, 0.29) is 44.0 Å². The van der Waals surface area contributed by atoms with Crippen LogP contribution in [0.3, 0.4) is 0 Å². The highest BCUT2D eigenvalue weighted by Gasteiger charge is 2.36. The minimum Gasteiger partial charge on any atom is -0.342 e. The Balaban J connectivity index is 1.30. The van der Waals surface area contributed by atoms with E-state index < -0.39 is 23.9 Å². The minimum atomic E-state index is -0.907. The van der Waals surface area contributed by atoms with Crippen molar-refractivity contribution in [2.75, 3.05) is 11.9 Å². The van der Waals surface area contributed by atoms with Gasteiger partial charge in [-0.1, -0.05) is 66.7 Å². The van der Waals surface area contributed by atoms with Crippen molar-refractivity contribution in [3.05, 3.63) is 108 Å². The average molecular weight is 564 g/mol. The molecule has 3 aromatic carbocycles. The van der Waals surface area contributed by atoms with Crippen molar-refractivity contribution in [2.24, 2.45) is 5.73 Å². The van der Waals surface area contributed by atoms with E-state index in [2.05, 4.69) is 15.6 Å². The highest BCUT2D eigenvalue weighted by molar-refractivity contribution is 6.00. The summed E-state index contributed by atoms with van der Waals surface area (Å²) in [5, 5.41) is 6.64. The molecular formula is C33H33N5O4. The van der Waals surface area contributed by atoms with Crippen molar-refractivity contribution in [1.82, 2.24) is 15.2 Å². The molecule has 42 heavy (non-hydrogen) atoms. The van der Waals surface area contributed by atoms with Gasteiger partial charge in [-0.3, -0.25) is 24.2 Å². The summed E-state index contributed by atoms with van der Waals surface area (Å²) in [5.74, 6) is -1.28. The summed E-state index contributed by atoms with van der Waals surface area (Å²) in [6, 6.07) is 23.9. The predicted octanol–water partition coefficient (Wildman–Crippen LogP) is 3.62. The molecule has 2 atom stereocenters. The van der Waals surface area contributed by atoms with Gasteiger partial charge in [-0.2, -0.15) is 0 Å². The standard InChI is InChI=1S/C33H33N5O4/c34-17-16-27(32(41)36-26-13-12-22-11-6-18-35-28(22)20-26)37-33(42)29-19-24-9-4-5-10-25(24)21-38(29)31(40)15-14-30(39)23-7-2-1-3-8-23/h1-13,18,20,27,29H,14-17,19,21,34H2,(H,36,41)(H,37,42)/t27-,29-/m0/s1. The molecule has 0 bridgehead atoms. The molecule has 9 nitrogen and oxygen atoms in total. The first kappa shape index (κ1) is 28.6. The van der Waals surface area contributed by atoms with Gasteiger partial charge in [0.25, 0.3) is 0 Å². The first-order valence-corrected chi connectivity index (χ1v) is 14.0. The first-order chi connectivity index (χ1) is 20.4. The van der Waals surface area contributed by atoms with Crippen LogP contribution in [0.4, 0.5) is 5.69 Å². The van der Waals surface area contributed by atoms with Crippen LogP contribution in [0.1, 0.15) is 40.7 Å². The SMILES string of the molecule is NCC[C@H](NC(=O)[C@@H]1Cc2ccccc2CN1C(=O)CCC(=O)c1ccccc1)C(=O)Nc1ccc2cccnc2c1. The van der Waals surface area contributed by atoms with Gasteiger partial charge in [0.1, 0.15) is 12.1 Å². The van der Waals surface area contributed by atoms with Crippen molar-refractivity contribution in [2.45, 2.75) is 44.3 Å². The Morgan fingerprint density at radius 2 is 1.67 bits per heavy atom. The number of carbonyl (C=O) groups excluding carboxylic acids is 4. The lowest BCUT2D eigenvalue weighted by Gasteiger charge is -2.36. The Labute approximate surface area is 244 Å². The van der Waals surface area contributed by atoms with Crippen molar-refractivity contribution in [3.63, 3.8) is 0 Å². The van der Waals surface area contributed by atoms with Crippen LogP contribution in [-0.2, 0) is 27.3 Å². The molecule has 0 radical (unpaired) electrons. The number of hydrogen-bond acceptors (Lipinski definition) is 6. The van der Waals surface area contributed by atoms with Crippen LogP contribution in [0, 0.1) is 0 Å². The summed E-state index contributed by atoms with van der Waals surface area (Å²) in [6.45, 7) is 0.417. The number of fused-ring (bicyclic) bond motifs is 2. The zero-order valence-corrected chi connectivity index (χ0v) is 23.2. The zero-order chi connectivity index (χ0) is 29.5. The van der Waals surface area contributed by atoms with Gasteiger partial charge in [0.2, 0.25) is 17.7 Å². The summed E-state index contributed by atoms with van der Waals surface area (Å²) in [4.78, 5) is 58.9. The third kappa shape index (κ3) is 6.70. The van der Waals surface area contributed by atoms with E-state index in [1.165, 1.54) is 4.90 Å². The first-order valence-electron chi connectivity index (χ1n) is 14.0. The van der Waals surface area contributed by atoms with Crippen LogP contribution < -0.4 is 16.4 Å². The molecular weight excluding hydrogens is 530 g/mol. The summed E-state index contributed by atoms with van der Waals surface area (Å²) in [5.41, 5.74) is 9.54. The second-order valence-electron chi connectivity index (χ2n) is 10.3. The molecule has 0 unspecified atom stereocenters. The van der Waals surface area contributed by atoms with Crippen LogP contribution in [0.2, 0.25) is 0 Å². The van der Waals surface area contributed by atoms with Crippen molar-refractivity contribution >= 4 is 40.1 Å². The second kappa shape index (κ2) is 13.2. The van der Waals surface area contributed by atoms with E-state index in [0.29, 0.717) is 17.7 Å². The van der Waals surface area contributed by atoms with Crippen molar-refractivity contribution in [1.29, 1.82) is 0 Å². The van der Waals surface area contributed by atoms with Gasteiger partial charge in [0.05, 0.1) is 5.52 Å². The third-order valence-electron chi connectivity index (χ3n) is 7.50. The number of hydrogen-bond donors (Lipinski definition) is 3. The fourth-order valence-electron chi connectivity index (χ4n) is 5.23. The number of pyridine rings is 1. The van der Waals surface area contributed by atoms with Crippen LogP contribution in [0.5, 0.6) is 0 Å². The number of anilines is 1. The van der Waals surface area contributed by atoms with Crippen molar-refractivity contribution in [3.8, 4) is 0 Å². The molecule has 1 aliphatic heterocycles. The van der Waals surface area contributed by atoms with Gasteiger partial charge < -0.3 is 21.3 Å². The Kier molecular flexibility index (Phi) is 8.99. The largest absolute Gasteiger partial charge is 0.342 e. The second-order valence-corrected chi connectivity index (χ2v) is 10.3. The molecule has 3 amide bonds. The number of Topliss-reactive ketones (excluding diaryl/α,β-unsaturated/α-hetero) is 1. The Bertz CT molecular complexity index is 1610. The highest BCUT2D eigenvalue weighted by atomic mass is 16.2. The molecule has 4 N–H and O–H groups in total. The summed E-state index contributed by atoms with van der Waals surface area (Å²) in [7, 11) is 0. The van der Waals surface area contributed by atoms with Crippen LogP contribution >= 0.6 is 0 Å². The third-order valence-corrected chi connectivity index (χ3v) is 7.50. The summed E-state index contributed by atoms with van der Waals surface area (Å²) < 4.78 is 0. The number of carbonyl (C=O) groups is 4. The maximum Gasteiger partial charge on any atom is 0.247 e. The molecule has 2 heterocycles. The average Bonchev–Trinajstić information content (AvgIpc) is 3.02. The van der Waals surface area contributed by atoms with Crippen LogP contribution in [0.25, 0.3) is 10.9 Å². The minimum absolute atomic E-state index is 0.0254. The topological polar surface area (TPSA) is 134 Å². The maximum absolute atomic E-state index is 13.7. The fraction of sp³-hybridized carbons (Fsp3) is 0.242. The summed E-state index contributed by atoms with van der Waals surface area (Å²) in [6.07, 6.45) is 2.20. The summed E-state index contributed by atoms with van der Waals surface area (Å²) >= 11 is 0. The number of aromatic nitrogens is 1. The molecule has 214 valence electrons. The van der Waals surface area contributed by atoms with Gasteiger partial charge in [-0.05, 0) is 42.3 Å². The number of nitrogens with zero attached hydrogens (tertiary/aromatic N) is 2. The number of amides is 3. The van der Waals surface area contributed by atoms with Crippen LogP contribution in [0.15, 0.2) is 91.1 Å². The van der Waals surface area contributed by atoms with Gasteiger partial charge in [0, 0.05) is 48.6 Å². The predicted molar refractivity (Wildman–Crippen MR) is 160 cm³/mol. The molecule has 9 heteroatoms. The molecule has 0 spiro atoms. The van der Waals surface area contributed by atoms with Crippen LogP contribution in [-0.4, -0.2) is 52.0 Å². The van der Waals surface area contributed by atoms with E-state index in [1.54, 1.807) is 42.6 Å². The number of ketones is 1. The lowest BCUT2D eigenvalue weighted by Crippen LogP contribution is -2.56. The number of benzene rings is 3. The highest BCUT2D eigenvalue weighted by Crippen LogP contribution is 2.25.